The van der Waals surface area contributed by atoms with E-state index in [2.05, 4.69) is 10.1 Å². The van der Waals surface area contributed by atoms with Crippen LogP contribution in [0, 0.1) is 13.8 Å². The van der Waals surface area contributed by atoms with Crippen molar-refractivity contribution >= 4 is 5.97 Å². The Hall–Kier alpha value is -2.17. The lowest BCUT2D eigenvalue weighted by molar-refractivity contribution is -0.144. The van der Waals surface area contributed by atoms with Gasteiger partial charge in [0.25, 0.3) is 0 Å². The quantitative estimate of drug-likeness (QED) is 0.789. The van der Waals surface area contributed by atoms with Crippen molar-refractivity contribution in [1.82, 2.24) is 14.8 Å². The van der Waals surface area contributed by atoms with Crippen LogP contribution in [-0.2, 0) is 16.1 Å². The minimum Gasteiger partial charge on any atom is -0.465 e. The summed E-state index contributed by atoms with van der Waals surface area (Å²) in [4.78, 5) is 15.6. The Morgan fingerprint density at radius 3 is 2.84 bits per heavy atom. The zero-order chi connectivity index (χ0) is 13.8. The molecule has 0 N–H and O–H groups in total. The van der Waals surface area contributed by atoms with Crippen LogP contribution in [0.2, 0.25) is 0 Å². The summed E-state index contributed by atoms with van der Waals surface area (Å²) in [6.45, 7) is 6.25. The molecule has 2 heterocycles. The van der Waals surface area contributed by atoms with E-state index in [1.807, 2.05) is 26.0 Å². The third kappa shape index (κ3) is 2.81. The highest BCUT2D eigenvalue weighted by Crippen LogP contribution is 2.23. The average Bonchev–Trinajstić information content (AvgIpc) is 2.68. The second-order valence-electron chi connectivity index (χ2n) is 4.26. The summed E-state index contributed by atoms with van der Waals surface area (Å²) in [5.74, 6) is -0.272. The first-order valence-corrected chi connectivity index (χ1v) is 6.23. The van der Waals surface area contributed by atoms with Crippen molar-refractivity contribution in [1.29, 1.82) is 0 Å². The molecular formula is C14H17N3O2. The first kappa shape index (κ1) is 13.3. The van der Waals surface area contributed by atoms with E-state index >= 15 is 0 Å². The molecule has 0 atom stereocenters. The van der Waals surface area contributed by atoms with E-state index < -0.39 is 0 Å². The van der Waals surface area contributed by atoms with Gasteiger partial charge in [-0.25, -0.2) is 0 Å². The van der Waals surface area contributed by atoms with E-state index in [0.29, 0.717) is 6.61 Å². The first-order valence-electron chi connectivity index (χ1n) is 6.23. The first-order chi connectivity index (χ1) is 9.13. The molecule has 2 rings (SSSR count). The Kier molecular flexibility index (Phi) is 3.94. The number of carbonyl (C=O) groups excluding carboxylic acids is 1. The highest BCUT2D eigenvalue weighted by molar-refractivity contribution is 5.70. The van der Waals surface area contributed by atoms with Crippen molar-refractivity contribution < 1.29 is 9.53 Å². The van der Waals surface area contributed by atoms with Crippen LogP contribution < -0.4 is 0 Å². The lowest BCUT2D eigenvalue weighted by atomic mass is 10.1. The molecule has 0 saturated heterocycles. The molecule has 0 saturated carbocycles. The zero-order valence-electron chi connectivity index (χ0n) is 11.4. The summed E-state index contributed by atoms with van der Waals surface area (Å²) in [6, 6.07) is 3.82. The van der Waals surface area contributed by atoms with Gasteiger partial charge in [-0.1, -0.05) is 0 Å². The number of rotatable bonds is 4. The molecule has 0 amide bonds. The number of nitrogens with zero attached hydrogens (tertiary/aromatic N) is 3. The fourth-order valence-corrected chi connectivity index (χ4v) is 1.90. The molecule has 19 heavy (non-hydrogen) atoms. The minimum atomic E-state index is -0.272. The molecule has 0 aromatic carbocycles. The van der Waals surface area contributed by atoms with Crippen molar-refractivity contribution in [3.05, 3.63) is 35.8 Å². The molecule has 0 aliphatic carbocycles. The molecular weight excluding hydrogens is 242 g/mol. The van der Waals surface area contributed by atoms with Crippen LogP contribution in [0.4, 0.5) is 0 Å². The van der Waals surface area contributed by atoms with Gasteiger partial charge in [-0.15, -0.1) is 0 Å². The Labute approximate surface area is 112 Å². The number of aromatic nitrogens is 3. The number of hydrogen-bond donors (Lipinski definition) is 0. The molecule has 0 aliphatic heterocycles. The number of hydrogen-bond acceptors (Lipinski definition) is 4. The van der Waals surface area contributed by atoms with Crippen LogP contribution >= 0.6 is 0 Å². The van der Waals surface area contributed by atoms with Crippen molar-refractivity contribution in [2.24, 2.45) is 0 Å². The summed E-state index contributed by atoms with van der Waals surface area (Å²) < 4.78 is 6.62. The summed E-state index contributed by atoms with van der Waals surface area (Å²) in [5.41, 5.74) is 3.82. The Balaban J connectivity index is 2.31. The summed E-state index contributed by atoms with van der Waals surface area (Å²) in [6.07, 6.45) is 3.49. The summed E-state index contributed by atoms with van der Waals surface area (Å²) in [5, 5.41) is 4.48. The van der Waals surface area contributed by atoms with E-state index in [1.165, 1.54) is 0 Å². The molecule has 0 bridgehead atoms. The van der Waals surface area contributed by atoms with Crippen molar-refractivity contribution in [3.8, 4) is 11.3 Å². The number of carbonyl (C=O) groups is 1. The van der Waals surface area contributed by atoms with Gasteiger partial charge in [-0.05, 0) is 38.5 Å². The maximum Gasteiger partial charge on any atom is 0.327 e. The molecule has 100 valence electrons. The summed E-state index contributed by atoms with van der Waals surface area (Å²) >= 11 is 0. The van der Waals surface area contributed by atoms with Gasteiger partial charge in [0, 0.05) is 23.7 Å². The van der Waals surface area contributed by atoms with E-state index in [9.17, 15) is 4.79 Å². The Bertz CT molecular complexity index is 576. The molecule has 5 heteroatoms. The average molecular weight is 259 g/mol. The molecule has 2 aromatic rings. The van der Waals surface area contributed by atoms with Crippen LogP contribution in [0.15, 0.2) is 24.5 Å². The normalized spacial score (nSPS) is 10.5. The van der Waals surface area contributed by atoms with Crippen LogP contribution in [0.3, 0.4) is 0 Å². The van der Waals surface area contributed by atoms with E-state index in [4.69, 9.17) is 4.74 Å². The van der Waals surface area contributed by atoms with Crippen LogP contribution in [-0.4, -0.2) is 27.3 Å². The lowest BCUT2D eigenvalue weighted by Crippen LogP contribution is -2.15. The van der Waals surface area contributed by atoms with Crippen molar-refractivity contribution in [2.45, 2.75) is 27.3 Å². The topological polar surface area (TPSA) is 57.0 Å². The van der Waals surface area contributed by atoms with E-state index in [-0.39, 0.29) is 12.5 Å². The molecule has 0 aliphatic rings. The number of esters is 1. The van der Waals surface area contributed by atoms with Gasteiger partial charge in [0.15, 0.2) is 0 Å². The highest BCUT2D eigenvalue weighted by Gasteiger charge is 2.15. The van der Waals surface area contributed by atoms with Gasteiger partial charge >= 0.3 is 5.97 Å². The highest BCUT2D eigenvalue weighted by atomic mass is 16.5. The second-order valence-corrected chi connectivity index (χ2v) is 4.26. The van der Waals surface area contributed by atoms with Gasteiger partial charge in [0.2, 0.25) is 0 Å². The second kappa shape index (κ2) is 5.65. The Morgan fingerprint density at radius 2 is 2.21 bits per heavy atom. The third-order valence-electron chi connectivity index (χ3n) is 3.02. The predicted molar refractivity (Wildman–Crippen MR) is 71.6 cm³/mol. The lowest BCUT2D eigenvalue weighted by Gasteiger charge is -2.03. The molecule has 0 unspecified atom stereocenters. The summed E-state index contributed by atoms with van der Waals surface area (Å²) in [7, 11) is 0. The molecule has 0 spiro atoms. The number of ether oxygens (including phenoxy) is 1. The van der Waals surface area contributed by atoms with E-state index in [0.717, 1.165) is 22.5 Å². The van der Waals surface area contributed by atoms with Gasteiger partial charge in [0.05, 0.1) is 12.3 Å². The SMILES string of the molecule is CCOC(=O)Cn1nc(-c2cccnc2)c(C)c1C. The standard InChI is InChI=1S/C14H17N3O2/c1-4-19-13(18)9-17-11(3)10(2)14(16-17)12-6-5-7-15-8-12/h5-8H,4,9H2,1-3H3. The largest absolute Gasteiger partial charge is 0.465 e. The molecule has 2 aromatic heterocycles. The van der Waals surface area contributed by atoms with Crippen LogP contribution in [0.5, 0.6) is 0 Å². The zero-order valence-corrected chi connectivity index (χ0v) is 11.4. The van der Waals surface area contributed by atoms with Crippen LogP contribution in [0.1, 0.15) is 18.2 Å². The smallest absolute Gasteiger partial charge is 0.327 e. The van der Waals surface area contributed by atoms with Crippen molar-refractivity contribution in [3.63, 3.8) is 0 Å². The monoisotopic (exact) mass is 259 g/mol. The van der Waals surface area contributed by atoms with Crippen LogP contribution in [0.25, 0.3) is 11.3 Å². The molecule has 5 nitrogen and oxygen atoms in total. The number of pyridine rings is 1. The van der Waals surface area contributed by atoms with Gasteiger partial charge in [-0.2, -0.15) is 5.10 Å². The minimum absolute atomic E-state index is 0.140. The van der Waals surface area contributed by atoms with Gasteiger partial charge < -0.3 is 4.74 Å². The molecule has 0 fully saturated rings. The fraction of sp³-hybridized carbons (Fsp3) is 0.357. The van der Waals surface area contributed by atoms with E-state index in [1.54, 1.807) is 24.0 Å². The molecule has 0 radical (unpaired) electrons. The third-order valence-corrected chi connectivity index (χ3v) is 3.02. The fourth-order valence-electron chi connectivity index (χ4n) is 1.90. The maximum absolute atomic E-state index is 11.5. The van der Waals surface area contributed by atoms with Gasteiger partial charge in [-0.3, -0.25) is 14.5 Å². The van der Waals surface area contributed by atoms with Gasteiger partial charge in [0.1, 0.15) is 6.54 Å². The Morgan fingerprint density at radius 1 is 1.42 bits per heavy atom. The predicted octanol–water partition coefficient (Wildman–Crippen LogP) is 2.13. The maximum atomic E-state index is 11.5. The van der Waals surface area contributed by atoms with Crippen molar-refractivity contribution in [2.75, 3.05) is 6.61 Å².